The molecule has 24 heavy (non-hydrogen) atoms. The fraction of sp³-hybridized carbons (Fsp3) is 0.353. The van der Waals surface area contributed by atoms with E-state index in [0.717, 1.165) is 23.3 Å². The monoisotopic (exact) mass is 321 g/mol. The smallest absolute Gasteiger partial charge is 0.229 e. The number of piperazine rings is 1. The second-order valence-corrected chi connectivity index (χ2v) is 6.67. The van der Waals surface area contributed by atoms with Crippen molar-refractivity contribution in [3.63, 3.8) is 0 Å². The third-order valence-corrected chi connectivity index (χ3v) is 5.16. The van der Waals surface area contributed by atoms with Crippen molar-refractivity contribution in [2.45, 2.75) is 18.5 Å². The minimum absolute atomic E-state index is 0.571. The summed E-state index contributed by atoms with van der Waals surface area (Å²) in [7, 11) is 2.23. The molecule has 2 N–H and O–H groups in total. The predicted octanol–water partition coefficient (Wildman–Crippen LogP) is 1.99. The minimum atomic E-state index is 0.571. The summed E-state index contributed by atoms with van der Waals surface area (Å²) in [5, 5.41) is 11.0. The molecular weight excluding hydrogens is 302 g/mol. The van der Waals surface area contributed by atoms with Crippen molar-refractivity contribution >= 4 is 28.4 Å². The molecule has 0 amide bonds. The van der Waals surface area contributed by atoms with Gasteiger partial charge in [-0.25, -0.2) is 4.98 Å². The SMILES string of the molecule is CN1CC2CC1CN2c1ccc(Nc2ncc3cn[nH]c3n2)cc1. The Kier molecular flexibility index (Phi) is 2.96. The molecule has 2 aliphatic heterocycles. The highest BCUT2D eigenvalue weighted by Gasteiger charge is 2.41. The van der Waals surface area contributed by atoms with Crippen LogP contribution in [0.1, 0.15) is 6.42 Å². The van der Waals surface area contributed by atoms with Crippen molar-refractivity contribution < 1.29 is 0 Å². The number of aromatic amines is 1. The number of aromatic nitrogens is 4. The summed E-state index contributed by atoms with van der Waals surface area (Å²) in [5.41, 5.74) is 3.02. The van der Waals surface area contributed by atoms with Crippen molar-refractivity contribution in [3.8, 4) is 0 Å². The third-order valence-electron chi connectivity index (χ3n) is 5.16. The zero-order valence-corrected chi connectivity index (χ0v) is 13.5. The molecule has 2 aromatic heterocycles. The maximum atomic E-state index is 4.41. The molecule has 0 radical (unpaired) electrons. The number of benzene rings is 1. The van der Waals surface area contributed by atoms with E-state index in [9.17, 15) is 0 Å². The van der Waals surface area contributed by atoms with Crippen molar-refractivity contribution in [1.82, 2.24) is 25.1 Å². The fourth-order valence-corrected chi connectivity index (χ4v) is 3.85. The summed E-state index contributed by atoms with van der Waals surface area (Å²) in [4.78, 5) is 13.7. The highest BCUT2D eigenvalue weighted by atomic mass is 15.3. The van der Waals surface area contributed by atoms with Crippen LogP contribution in [0.3, 0.4) is 0 Å². The second kappa shape index (κ2) is 5.17. The molecular formula is C17H19N7. The van der Waals surface area contributed by atoms with Gasteiger partial charge >= 0.3 is 0 Å². The summed E-state index contributed by atoms with van der Waals surface area (Å²) in [6.45, 7) is 2.30. The van der Waals surface area contributed by atoms with E-state index in [4.69, 9.17) is 0 Å². The van der Waals surface area contributed by atoms with Crippen molar-refractivity contribution in [3.05, 3.63) is 36.7 Å². The van der Waals surface area contributed by atoms with Gasteiger partial charge in [0, 0.05) is 42.7 Å². The standard InChI is InChI=1S/C17H19N7/c1-23-9-15-6-14(23)10-24(15)13-4-2-12(3-5-13)20-17-18-7-11-8-19-22-16(11)21-17/h2-5,7-8,14-15H,6,9-10H2,1H3,(H2,18,19,20,21,22). The van der Waals surface area contributed by atoms with Crippen LogP contribution in [0.4, 0.5) is 17.3 Å². The molecule has 2 atom stereocenters. The van der Waals surface area contributed by atoms with Crippen LogP contribution in [0.25, 0.3) is 11.0 Å². The van der Waals surface area contributed by atoms with Gasteiger partial charge in [0.15, 0.2) is 5.65 Å². The Morgan fingerprint density at radius 2 is 2.00 bits per heavy atom. The van der Waals surface area contributed by atoms with E-state index < -0.39 is 0 Å². The van der Waals surface area contributed by atoms with Crippen LogP contribution in [0.5, 0.6) is 0 Å². The Bertz CT molecular complexity index is 870. The number of nitrogens with one attached hydrogen (secondary N) is 2. The van der Waals surface area contributed by atoms with Gasteiger partial charge in [-0.15, -0.1) is 0 Å². The highest BCUT2D eigenvalue weighted by molar-refractivity contribution is 5.74. The van der Waals surface area contributed by atoms with Gasteiger partial charge in [0.05, 0.1) is 11.6 Å². The van der Waals surface area contributed by atoms with Crippen LogP contribution in [0.15, 0.2) is 36.7 Å². The predicted molar refractivity (Wildman–Crippen MR) is 93.6 cm³/mol. The average molecular weight is 321 g/mol. The minimum Gasteiger partial charge on any atom is -0.366 e. The molecule has 0 aliphatic carbocycles. The zero-order chi connectivity index (χ0) is 16.1. The molecule has 2 saturated heterocycles. The third kappa shape index (κ3) is 2.20. The van der Waals surface area contributed by atoms with Crippen LogP contribution in [0.2, 0.25) is 0 Å². The van der Waals surface area contributed by atoms with Crippen LogP contribution >= 0.6 is 0 Å². The molecule has 2 unspecified atom stereocenters. The van der Waals surface area contributed by atoms with Gasteiger partial charge in [-0.3, -0.25) is 10.00 Å². The Hall–Kier alpha value is -2.67. The molecule has 7 nitrogen and oxygen atoms in total. The van der Waals surface area contributed by atoms with Crippen molar-refractivity contribution in [2.75, 3.05) is 30.4 Å². The molecule has 2 bridgehead atoms. The molecule has 7 heteroatoms. The summed E-state index contributed by atoms with van der Waals surface area (Å²) in [6, 6.07) is 9.90. The normalized spacial score (nSPS) is 23.3. The first-order valence-electron chi connectivity index (χ1n) is 8.26. The molecule has 2 aliphatic rings. The molecule has 0 spiro atoms. The number of fused-ring (bicyclic) bond motifs is 3. The lowest BCUT2D eigenvalue weighted by molar-refractivity contribution is 0.292. The molecule has 1 aromatic carbocycles. The van der Waals surface area contributed by atoms with E-state index in [2.05, 4.69) is 66.6 Å². The summed E-state index contributed by atoms with van der Waals surface area (Å²) >= 11 is 0. The lowest BCUT2D eigenvalue weighted by Gasteiger charge is -2.33. The highest BCUT2D eigenvalue weighted by Crippen LogP contribution is 2.34. The number of nitrogens with zero attached hydrogens (tertiary/aromatic N) is 5. The van der Waals surface area contributed by atoms with Gasteiger partial charge in [0.25, 0.3) is 0 Å². The molecule has 2 fully saturated rings. The zero-order valence-electron chi connectivity index (χ0n) is 13.5. The van der Waals surface area contributed by atoms with E-state index in [1.807, 2.05) is 0 Å². The first-order valence-corrected chi connectivity index (χ1v) is 8.26. The van der Waals surface area contributed by atoms with Gasteiger partial charge in [0.2, 0.25) is 5.95 Å². The Morgan fingerprint density at radius 3 is 2.75 bits per heavy atom. The lowest BCUT2D eigenvalue weighted by atomic mass is 10.2. The average Bonchev–Trinajstić information content (AvgIpc) is 3.30. The Balaban J connectivity index is 1.33. The van der Waals surface area contributed by atoms with Gasteiger partial charge in [-0.1, -0.05) is 0 Å². The largest absolute Gasteiger partial charge is 0.366 e. The summed E-state index contributed by atoms with van der Waals surface area (Å²) < 4.78 is 0. The first kappa shape index (κ1) is 13.7. The number of hydrogen-bond donors (Lipinski definition) is 2. The Labute approximate surface area is 139 Å². The molecule has 122 valence electrons. The summed E-state index contributed by atoms with van der Waals surface area (Å²) in [5.74, 6) is 0.571. The molecule has 4 heterocycles. The van der Waals surface area contributed by atoms with Crippen LogP contribution in [-0.4, -0.2) is 57.3 Å². The maximum Gasteiger partial charge on any atom is 0.229 e. The molecule has 3 aromatic rings. The first-order chi connectivity index (χ1) is 11.8. The van der Waals surface area contributed by atoms with Crippen molar-refractivity contribution in [1.29, 1.82) is 0 Å². The van der Waals surface area contributed by atoms with Crippen LogP contribution < -0.4 is 10.2 Å². The number of hydrogen-bond acceptors (Lipinski definition) is 6. The van der Waals surface area contributed by atoms with E-state index in [1.54, 1.807) is 12.4 Å². The van der Waals surface area contributed by atoms with Gasteiger partial charge in [0.1, 0.15) is 0 Å². The van der Waals surface area contributed by atoms with Crippen molar-refractivity contribution in [2.24, 2.45) is 0 Å². The number of likely N-dealkylation sites (N-methyl/N-ethyl adjacent to an activating group) is 1. The summed E-state index contributed by atoms with van der Waals surface area (Å²) in [6.07, 6.45) is 4.77. The van der Waals surface area contributed by atoms with Crippen LogP contribution in [0, 0.1) is 0 Å². The maximum absolute atomic E-state index is 4.41. The lowest BCUT2D eigenvalue weighted by Crippen LogP contribution is -2.44. The molecule has 0 saturated carbocycles. The van der Waals surface area contributed by atoms with Crippen LogP contribution in [-0.2, 0) is 0 Å². The topological polar surface area (TPSA) is 73.0 Å². The number of likely N-dealkylation sites (tertiary alicyclic amines) is 1. The quantitative estimate of drug-likeness (QED) is 0.768. The van der Waals surface area contributed by atoms with Gasteiger partial charge in [-0.05, 0) is 37.7 Å². The second-order valence-electron chi connectivity index (χ2n) is 6.67. The van der Waals surface area contributed by atoms with E-state index in [1.165, 1.54) is 18.7 Å². The Morgan fingerprint density at radius 1 is 1.12 bits per heavy atom. The molecule has 5 rings (SSSR count). The number of rotatable bonds is 3. The van der Waals surface area contributed by atoms with Gasteiger partial charge in [-0.2, -0.15) is 10.1 Å². The number of H-pyrrole nitrogens is 1. The van der Waals surface area contributed by atoms with Gasteiger partial charge < -0.3 is 10.2 Å². The van der Waals surface area contributed by atoms with E-state index in [0.29, 0.717) is 18.0 Å². The fourth-order valence-electron chi connectivity index (χ4n) is 3.85. The van der Waals surface area contributed by atoms with E-state index in [-0.39, 0.29) is 0 Å². The number of anilines is 3. The van der Waals surface area contributed by atoms with E-state index >= 15 is 0 Å².